The molecule has 1 aromatic rings. The summed E-state index contributed by atoms with van der Waals surface area (Å²) in [4.78, 5) is 0. The fourth-order valence-electron chi connectivity index (χ4n) is 1.19. The Labute approximate surface area is 103 Å². The SMILES string of the molecule is Cl.Cl.Nc1cccc(CCNCCO)c1. The lowest BCUT2D eigenvalue weighted by atomic mass is 10.1. The molecule has 0 fully saturated rings. The summed E-state index contributed by atoms with van der Waals surface area (Å²) in [6, 6.07) is 7.86. The van der Waals surface area contributed by atoms with Gasteiger partial charge in [0.2, 0.25) is 0 Å². The van der Waals surface area contributed by atoms with Crippen LogP contribution in [0.2, 0.25) is 0 Å². The van der Waals surface area contributed by atoms with Crippen LogP contribution in [-0.2, 0) is 6.42 Å². The first kappa shape index (κ1) is 16.9. The number of rotatable bonds is 5. The number of hydrogen-bond acceptors (Lipinski definition) is 3. The van der Waals surface area contributed by atoms with Gasteiger partial charge >= 0.3 is 0 Å². The van der Waals surface area contributed by atoms with E-state index in [2.05, 4.69) is 11.4 Å². The molecule has 88 valence electrons. The zero-order chi connectivity index (χ0) is 9.52. The second-order valence-electron chi connectivity index (χ2n) is 2.97. The first-order valence-corrected chi connectivity index (χ1v) is 4.49. The van der Waals surface area contributed by atoms with Crippen molar-refractivity contribution in [2.45, 2.75) is 6.42 Å². The van der Waals surface area contributed by atoms with Crippen LogP contribution in [0.5, 0.6) is 0 Å². The Morgan fingerprint density at radius 3 is 2.53 bits per heavy atom. The van der Waals surface area contributed by atoms with Crippen molar-refractivity contribution in [3.63, 3.8) is 0 Å². The summed E-state index contributed by atoms with van der Waals surface area (Å²) in [7, 11) is 0. The van der Waals surface area contributed by atoms with Crippen molar-refractivity contribution in [3.8, 4) is 0 Å². The Bertz CT molecular complexity index is 259. The van der Waals surface area contributed by atoms with Gasteiger partial charge in [-0.3, -0.25) is 0 Å². The van der Waals surface area contributed by atoms with E-state index in [1.807, 2.05) is 18.2 Å². The smallest absolute Gasteiger partial charge is 0.0555 e. The first-order valence-electron chi connectivity index (χ1n) is 4.49. The Balaban J connectivity index is 0. The van der Waals surface area contributed by atoms with E-state index in [1.54, 1.807) is 0 Å². The molecule has 5 heteroatoms. The van der Waals surface area contributed by atoms with Gasteiger partial charge in [-0.15, -0.1) is 24.8 Å². The summed E-state index contributed by atoms with van der Waals surface area (Å²) in [5.74, 6) is 0. The van der Waals surface area contributed by atoms with Crippen LogP contribution in [0.15, 0.2) is 24.3 Å². The van der Waals surface area contributed by atoms with Crippen molar-refractivity contribution in [3.05, 3.63) is 29.8 Å². The molecule has 0 aromatic heterocycles. The number of nitrogens with two attached hydrogens (primary N) is 1. The molecular weight excluding hydrogens is 235 g/mol. The maximum absolute atomic E-state index is 8.53. The predicted molar refractivity (Wildman–Crippen MR) is 69.0 cm³/mol. The van der Waals surface area contributed by atoms with Crippen molar-refractivity contribution in [2.75, 3.05) is 25.4 Å². The van der Waals surface area contributed by atoms with Gasteiger partial charge in [0.25, 0.3) is 0 Å². The van der Waals surface area contributed by atoms with Crippen LogP contribution in [-0.4, -0.2) is 24.8 Å². The molecule has 0 amide bonds. The number of nitrogens with one attached hydrogen (secondary N) is 1. The minimum absolute atomic E-state index is 0. The lowest BCUT2D eigenvalue weighted by Gasteiger charge is -2.03. The molecule has 0 bridgehead atoms. The van der Waals surface area contributed by atoms with Crippen LogP contribution in [0.25, 0.3) is 0 Å². The van der Waals surface area contributed by atoms with E-state index < -0.39 is 0 Å². The highest BCUT2D eigenvalue weighted by molar-refractivity contribution is 5.85. The molecule has 0 aliphatic heterocycles. The first-order chi connectivity index (χ1) is 6.33. The highest BCUT2D eigenvalue weighted by Crippen LogP contribution is 2.06. The molecule has 0 saturated carbocycles. The van der Waals surface area contributed by atoms with Gasteiger partial charge in [0, 0.05) is 12.2 Å². The molecule has 0 saturated heterocycles. The highest BCUT2D eigenvalue weighted by Gasteiger charge is 1.92. The van der Waals surface area contributed by atoms with E-state index >= 15 is 0 Å². The van der Waals surface area contributed by atoms with E-state index in [-0.39, 0.29) is 31.4 Å². The summed E-state index contributed by atoms with van der Waals surface area (Å²) in [6.45, 7) is 1.73. The summed E-state index contributed by atoms with van der Waals surface area (Å²) >= 11 is 0. The van der Waals surface area contributed by atoms with Crippen molar-refractivity contribution < 1.29 is 5.11 Å². The minimum atomic E-state index is 0. The predicted octanol–water partition coefficient (Wildman–Crippen LogP) is 1.24. The molecule has 3 nitrogen and oxygen atoms in total. The monoisotopic (exact) mass is 252 g/mol. The molecule has 1 rings (SSSR count). The van der Waals surface area contributed by atoms with Gasteiger partial charge in [-0.25, -0.2) is 0 Å². The Kier molecular flexibility index (Phi) is 11.3. The summed E-state index contributed by atoms with van der Waals surface area (Å²) in [6.07, 6.45) is 0.949. The van der Waals surface area contributed by atoms with Gasteiger partial charge in [0.15, 0.2) is 0 Å². The molecule has 0 atom stereocenters. The molecule has 0 aliphatic rings. The fourth-order valence-corrected chi connectivity index (χ4v) is 1.19. The molecule has 0 spiro atoms. The number of hydrogen-bond donors (Lipinski definition) is 3. The molecule has 15 heavy (non-hydrogen) atoms. The second-order valence-corrected chi connectivity index (χ2v) is 2.97. The van der Waals surface area contributed by atoms with Gasteiger partial charge in [-0.1, -0.05) is 12.1 Å². The zero-order valence-corrected chi connectivity index (χ0v) is 10.1. The number of anilines is 1. The Hall–Kier alpha value is -0.480. The number of aliphatic hydroxyl groups excluding tert-OH is 1. The van der Waals surface area contributed by atoms with Crippen molar-refractivity contribution in [1.29, 1.82) is 0 Å². The van der Waals surface area contributed by atoms with Gasteiger partial charge in [-0.05, 0) is 30.7 Å². The van der Waals surface area contributed by atoms with E-state index in [1.165, 1.54) is 5.56 Å². The molecule has 0 aliphatic carbocycles. The van der Waals surface area contributed by atoms with E-state index in [0.717, 1.165) is 18.7 Å². The Morgan fingerprint density at radius 1 is 1.20 bits per heavy atom. The van der Waals surface area contributed by atoms with Crippen LogP contribution in [0.4, 0.5) is 5.69 Å². The normalized spacial score (nSPS) is 8.87. The van der Waals surface area contributed by atoms with Gasteiger partial charge in [0.1, 0.15) is 0 Å². The molecular formula is C10H18Cl2N2O. The lowest BCUT2D eigenvalue weighted by molar-refractivity contribution is 0.293. The third-order valence-electron chi connectivity index (χ3n) is 1.83. The third-order valence-corrected chi connectivity index (χ3v) is 1.83. The standard InChI is InChI=1S/C10H16N2O.2ClH/c11-10-3-1-2-9(8-10)4-5-12-6-7-13;;/h1-3,8,12-13H,4-7,11H2;2*1H. The topological polar surface area (TPSA) is 58.3 Å². The number of nitrogen functional groups attached to an aromatic ring is 1. The molecule has 0 unspecified atom stereocenters. The maximum atomic E-state index is 8.53. The van der Waals surface area contributed by atoms with Crippen LogP contribution in [0, 0.1) is 0 Å². The van der Waals surface area contributed by atoms with Crippen molar-refractivity contribution in [2.24, 2.45) is 0 Å². The number of benzene rings is 1. The molecule has 1 aromatic carbocycles. The molecule has 0 heterocycles. The lowest BCUT2D eigenvalue weighted by Crippen LogP contribution is -2.20. The Morgan fingerprint density at radius 2 is 1.93 bits per heavy atom. The van der Waals surface area contributed by atoms with Gasteiger partial charge < -0.3 is 16.2 Å². The summed E-state index contributed by atoms with van der Waals surface area (Å²) in [5, 5.41) is 11.6. The summed E-state index contributed by atoms with van der Waals surface area (Å²) in [5.41, 5.74) is 7.66. The molecule has 0 radical (unpaired) electrons. The zero-order valence-electron chi connectivity index (χ0n) is 8.48. The quantitative estimate of drug-likeness (QED) is 0.546. The largest absolute Gasteiger partial charge is 0.399 e. The highest BCUT2D eigenvalue weighted by atomic mass is 35.5. The average molecular weight is 253 g/mol. The second kappa shape index (κ2) is 10.1. The van der Waals surface area contributed by atoms with Crippen LogP contribution in [0.1, 0.15) is 5.56 Å². The number of aliphatic hydroxyl groups is 1. The summed E-state index contributed by atoms with van der Waals surface area (Å²) < 4.78 is 0. The minimum Gasteiger partial charge on any atom is -0.399 e. The molecule has 4 N–H and O–H groups in total. The van der Waals surface area contributed by atoms with Crippen LogP contribution >= 0.6 is 24.8 Å². The van der Waals surface area contributed by atoms with Crippen molar-refractivity contribution >= 4 is 30.5 Å². The average Bonchev–Trinajstić information content (AvgIpc) is 2.13. The number of halogens is 2. The van der Waals surface area contributed by atoms with Crippen LogP contribution in [0.3, 0.4) is 0 Å². The fraction of sp³-hybridized carbons (Fsp3) is 0.400. The van der Waals surface area contributed by atoms with Crippen LogP contribution < -0.4 is 11.1 Å². The van der Waals surface area contributed by atoms with E-state index in [4.69, 9.17) is 10.8 Å². The van der Waals surface area contributed by atoms with Gasteiger partial charge in [-0.2, -0.15) is 0 Å². The van der Waals surface area contributed by atoms with E-state index in [9.17, 15) is 0 Å². The third kappa shape index (κ3) is 7.45. The maximum Gasteiger partial charge on any atom is 0.0555 e. The van der Waals surface area contributed by atoms with E-state index in [0.29, 0.717) is 6.54 Å². The van der Waals surface area contributed by atoms with Gasteiger partial charge in [0.05, 0.1) is 6.61 Å². The van der Waals surface area contributed by atoms with Crippen molar-refractivity contribution in [1.82, 2.24) is 5.32 Å².